The molecule has 9 nitrogen and oxygen atoms in total. The molecule has 0 aliphatic carbocycles. The van der Waals surface area contributed by atoms with Crippen LogP contribution in [0.3, 0.4) is 0 Å². The van der Waals surface area contributed by atoms with Gasteiger partial charge in [-0.25, -0.2) is 4.39 Å². The molecule has 4 rings (SSSR count). The molecule has 1 aromatic heterocycles. The van der Waals surface area contributed by atoms with Gasteiger partial charge in [0, 0.05) is 49.6 Å². The van der Waals surface area contributed by atoms with Crippen molar-refractivity contribution in [1.29, 1.82) is 0 Å². The van der Waals surface area contributed by atoms with Crippen LogP contribution in [-0.4, -0.2) is 56.2 Å². The summed E-state index contributed by atoms with van der Waals surface area (Å²) in [5, 5.41) is 23.2. The largest absolute Gasteiger partial charge is 0.369 e. The normalized spacial score (nSPS) is 15.0. The molecular weight excluding hydrogens is 365 g/mol. The molecule has 1 saturated heterocycles. The molecule has 1 aliphatic heterocycles. The summed E-state index contributed by atoms with van der Waals surface area (Å²) in [5.41, 5.74) is 1.79. The van der Waals surface area contributed by atoms with Crippen molar-refractivity contribution >= 4 is 11.4 Å². The molecule has 0 saturated carbocycles. The Kier molecular flexibility index (Phi) is 4.94. The zero-order chi connectivity index (χ0) is 19.5. The zero-order valence-electron chi connectivity index (χ0n) is 15.0. The predicted octanol–water partition coefficient (Wildman–Crippen LogP) is 2.17. The van der Waals surface area contributed by atoms with Crippen LogP contribution in [0.4, 0.5) is 15.8 Å². The average Bonchev–Trinajstić information content (AvgIpc) is 3.18. The molecule has 3 aromatic rings. The highest BCUT2D eigenvalue weighted by atomic mass is 19.1. The van der Waals surface area contributed by atoms with Gasteiger partial charge in [-0.3, -0.25) is 15.0 Å². The van der Waals surface area contributed by atoms with E-state index in [1.807, 2.05) is 0 Å². The summed E-state index contributed by atoms with van der Waals surface area (Å²) in [7, 11) is 0. The number of aromatic nitrogens is 4. The highest BCUT2D eigenvalue weighted by Gasteiger charge is 2.19. The van der Waals surface area contributed by atoms with Gasteiger partial charge in [0.2, 0.25) is 5.82 Å². The summed E-state index contributed by atoms with van der Waals surface area (Å²) in [6, 6.07) is 12.6. The Morgan fingerprint density at radius 2 is 1.68 bits per heavy atom. The third-order valence-corrected chi connectivity index (χ3v) is 4.68. The van der Waals surface area contributed by atoms with E-state index in [1.54, 1.807) is 24.3 Å². The fraction of sp³-hybridized carbons (Fsp3) is 0.278. The molecule has 1 fully saturated rings. The van der Waals surface area contributed by atoms with Crippen LogP contribution in [0.15, 0.2) is 48.5 Å². The van der Waals surface area contributed by atoms with Gasteiger partial charge in [-0.2, -0.15) is 0 Å². The Morgan fingerprint density at radius 1 is 1.00 bits per heavy atom. The Hall–Kier alpha value is -3.40. The first-order chi connectivity index (χ1) is 13.6. The molecule has 28 heavy (non-hydrogen) atoms. The Balaban J connectivity index is 1.33. The van der Waals surface area contributed by atoms with Crippen LogP contribution in [-0.2, 0) is 6.67 Å². The molecule has 0 bridgehead atoms. The third kappa shape index (κ3) is 3.96. The first-order valence-electron chi connectivity index (χ1n) is 8.84. The Morgan fingerprint density at radius 3 is 2.32 bits per heavy atom. The molecule has 144 valence electrons. The van der Waals surface area contributed by atoms with Gasteiger partial charge < -0.3 is 4.90 Å². The molecule has 0 atom stereocenters. The first-order valence-corrected chi connectivity index (χ1v) is 8.84. The lowest BCUT2D eigenvalue weighted by Crippen LogP contribution is -2.47. The highest BCUT2D eigenvalue weighted by Crippen LogP contribution is 2.21. The van der Waals surface area contributed by atoms with Gasteiger partial charge in [-0.1, -0.05) is 0 Å². The molecule has 0 amide bonds. The van der Waals surface area contributed by atoms with Crippen LogP contribution in [0.25, 0.3) is 11.4 Å². The fourth-order valence-corrected chi connectivity index (χ4v) is 3.13. The molecular formula is C18H18FN7O2. The number of nitro benzene ring substituents is 1. The lowest BCUT2D eigenvalue weighted by Gasteiger charge is -2.35. The number of piperazine rings is 1. The molecule has 10 heteroatoms. The SMILES string of the molecule is O=[N+]([O-])c1ccc(N2CCN(Cn3nnc(-c4ccc(F)cc4)n3)CC2)cc1. The monoisotopic (exact) mass is 383 g/mol. The maximum Gasteiger partial charge on any atom is 0.269 e. The number of nitro groups is 1. The van der Waals surface area contributed by atoms with Crippen molar-refractivity contribution in [2.45, 2.75) is 6.67 Å². The summed E-state index contributed by atoms with van der Waals surface area (Å²) in [6.07, 6.45) is 0. The van der Waals surface area contributed by atoms with E-state index in [1.165, 1.54) is 29.1 Å². The number of non-ortho nitro benzene ring substituents is 1. The van der Waals surface area contributed by atoms with Gasteiger partial charge in [0.1, 0.15) is 12.5 Å². The van der Waals surface area contributed by atoms with E-state index < -0.39 is 4.92 Å². The van der Waals surface area contributed by atoms with Crippen LogP contribution in [0, 0.1) is 15.9 Å². The zero-order valence-corrected chi connectivity index (χ0v) is 15.0. The Bertz CT molecular complexity index is 951. The maximum absolute atomic E-state index is 13.0. The van der Waals surface area contributed by atoms with E-state index in [-0.39, 0.29) is 11.5 Å². The minimum absolute atomic E-state index is 0.0941. The highest BCUT2D eigenvalue weighted by molar-refractivity contribution is 5.53. The van der Waals surface area contributed by atoms with Gasteiger partial charge in [-0.15, -0.1) is 15.0 Å². The van der Waals surface area contributed by atoms with E-state index >= 15 is 0 Å². The Labute approximate surface area is 160 Å². The van der Waals surface area contributed by atoms with Gasteiger partial charge in [0.15, 0.2) is 0 Å². The number of tetrazole rings is 1. The smallest absolute Gasteiger partial charge is 0.269 e. The molecule has 0 unspecified atom stereocenters. The molecule has 2 aromatic carbocycles. The summed E-state index contributed by atoms with van der Waals surface area (Å²) >= 11 is 0. The molecule has 2 heterocycles. The predicted molar refractivity (Wildman–Crippen MR) is 100 cm³/mol. The van der Waals surface area contributed by atoms with Crippen molar-refractivity contribution in [2.75, 3.05) is 31.1 Å². The molecule has 0 N–H and O–H groups in total. The standard InChI is InChI=1S/C18H18FN7O2/c19-15-3-1-14(2-4-15)18-20-22-25(21-18)13-23-9-11-24(12-10-23)16-5-7-17(8-6-16)26(27)28/h1-8H,9-13H2. The lowest BCUT2D eigenvalue weighted by molar-refractivity contribution is -0.384. The van der Waals surface area contributed by atoms with E-state index in [4.69, 9.17) is 0 Å². The molecule has 0 radical (unpaired) electrons. The van der Waals surface area contributed by atoms with E-state index in [0.717, 1.165) is 37.4 Å². The van der Waals surface area contributed by atoms with Gasteiger partial charge in [0.25, 0.3) is 5.69 Å². The van der Waals surface area contributed by atoms with Crippen LogP contribution in [0.2, 0.25) is 0 Å². The third-order valence-electron chi connectivity index (χ3n) is 4.68. The lowest BCUT2D eigenvalue weighted by atomic mass is 10.2. The summed E-state index contributed by atoms with van der Waals surface area (Å²) in [5.74, 6) is 0.159. The molecule has 1 aliphatic rings. The second-order valence-corrected chi connectivity index (χ2v) is 6.51. The van der Waals surface area contributed by atoms with Gasteiger partial charge in [0.05, 0.1) is 4.92 Å². The second-order valence-electron chi connectivity index (χ2n) is 6.51. The minimum Gasteiger partial charge on any atom is -0.369 e. The van der Waals surface area contributed by atoms with Crippen LogP contribution in [0.5, 0.6) is 0 Å². The quantitative estimate of drug-likeness (QED) is 0.492. The first kappa shape index (κ1) is 18.0. The number of hydrogen-bond acceptors (Lipinski definition) is 7. The topological polar surface area (TPSA) is 93.2 Å². The van der Waals surface area contributed by atoms with Crippen LogP contribution < -0.4 is 4.90 Å². The molecule has 0 spiro atoms. The van der Waals surface area contributed by atoms with E-state index in [2.05, 4.69) is 25.2 Å². The van der Waals surface area contributed by atoms with Crippen molar-refractivity contribution in [3.8, 4) is 11.4 Å². The van der Waals surface area contributed by atoms with Crippen molar-refractivity contribution in [2.24, 2.45) is 0 Å². The summed E-state index contributed by atoms with van der Waals surface area (Å²) in [6.45, 7) is 3.74. The van der Waals surface area contributed by atoms with Crippen molar-refractivity contribution < 1.29 is 9.31 Å². The van der Waals surface area contributed by atoms with Crippen LogP contribution in [0.1, 0.15) is 0 Å². The van der Waals surface area contributed by atoms with Gasteiger partial charge >= 0.3 is 0 Å². The second kappa shape index (κ2) is 7.69. The minimum atomic E-state index is -0.396. The number of rotatable bonds is 5. The number of anilines is 1. The number of benzene rings is 2. The number of halogens is 1. The fourth-order valence-electron chi connectivity index (χ4n) is 3.13. The number of nitrogens with zero attached hydrogens (tertiary/aromatic N) is 7. The van der Waals surface area contributed by atoms with Gasteiger partial charge in [-0.05, 0) is 41.6 Å². The maximum atomic E-state index is 13.0. The van der Waals surface area contributed by atoms with E-state index in [9.17, 15) is 14.5 Å². The summed E-state index contributed by atoms with van der Waals surface area (Å²) < 4.78 is 13.0. The average molecular weight is 383 g/mol. The van der Waals surface area contributed by atoms with E-state index in [0.29, 0.717) is 12.5 Å². The van der Waals surface area contributed by atoms with Crippen molar-refractivity contribution in [3.05, 3.63) is 64.5 Å². The number of hydrogen-bond donors (Lipinski definition) is 0. The van der Waals surface area contributed by atoms with Crippen molar-refractivity contribution in [1.82, 2.24) is 25.1 Å². The van der Waals surface area contributed by atoms with Crippen LogP contribution >= 0.6 is 0 Å². The van der Waals surface area contributed by atoms with Crippen molar-refractivity contribution in [3.63, 3.8) is 0 Å². The summed E-state index contributed by atoms with van der Waals surface area (Å²) in [4.78, 5) is 16.3.